The molecule has 0 fully saturated rings. The van der Waals surface area contributed by atoms with E-state index in [9.17, 15) is 9.59 Å². The molecule has 1 aromatic rings. The van der Waals surface area contributed by atoms with Gasteiger partial charge < -0.3 is 4.74 Å². The lowest BCUT2D eigenvalue weighted by Crippen LogP contribution is -2.05. The Kier molecular flexibility index (Phi) is 5.69. The minimum absolute atomic E-state index is 0.0833. The van der Waals surface area contributed by atoms with Gasteiger partial charge in [0.05, 0.1) is 15.3 Å². The van der Waals surface area contributed by atoms with Crippen molar-refractivity contribution in [2.45, 2.75) is 26.2 Å². The molecule has 0 atom stereocenters. The van der Waals surface area contributed by atoms with Gasteiger partial charge in [0.25, 0.3) is 0 Å². The van der Waals surface area contributed by atoms with Crippen LogP contribution in [0.3, 0.4) is 0 Å². The van der Waals surface area contributed by atoms with Gasteiger partial charge in [0, 0.05) is 12.8 Å². The molecule has 88 valence electrons. The monoisotopic (exact) mass is 304 g/mol. The molecule has 3 nitrogen and oxygen atoms in total. The molecule has 0 saturated carbocycles. The lowest BCUT2D eigenvalue weighted by molar-refractivity contribution is -0.143. The number of esters is 1. The molecular weight excluding hydrogens is 292 g/mol. The number of Topliss-reactive ketones (excluding diaryl/α,β-unsaturated/α-hetero) is 1. The van der Waals surface area contributed by atoms with Crippen molar-refractivity contribution >= 4 is 39.0 Å². The SMILES string of the molecule is CCOC(=O)CCCC(=O)c1ccc(Br)s1. The van der Waals surface area contributed by atoms with E-state index in [0.717, 1.165) is 8.66 Å². The highest BCUT2D eigenvalue weighted by Gasteiger charge is 2.09. The lowest BCUT2D eigenvalue weighted by atomic mass is 10.1. The highest BCUT2D eigenvalue weighted by molar-refractivity contribution is 9.11. The van der Waals surface area contributed by atoms with E-state index in [1.54, 1.807) is 13.0 Å². The fraction of sp³-hybridized carbons (Fsp3) is 0.455. The van der Waals surface area contributed by atoms with Gasteiger partial charge in [0.15, 0.2) is 5.78 Å². The van der Waals surface area contributed by atoms with E-state index in [1.165, 1.54) is 11.3 Å². The molecule has 0 aromatic carbocycles. The maximum Gasteiger partial charge on any atom is 0.305 e. The van der Waals surface area contributed by atoms with Gasteiger partial charge in [-0.1, -0.05) is 0 Å². The third-order valence-corrected chi connectivity index (χ3v) is 3.60. The Morgan fingerprint density at radius 3 is 2.69 bits per heavy atom. The summed E-state index contributed by atoms with van der Waals surface area (Å²) in [5.41, 5.74) is 0. The first-order chi connectivity index (χ1) is 7.63. The molecule has 0 saturated heterocycles. The van der Waals surface area contributed by atoms with Crippen LogP contribution in [0.5, 0.6) is 0 Å². The predicted octanol–water partition coefficient (Wildman–Crippen LogP) is 3.43. The van der Waals surface area contributed by atoms with Gasteiger partial charge in [-0.3, -0.25) is 9.59 Å². The maximum absolute atomic E-state index is 11.6. The van der Waals surface area contributed by atoms with Gasteiger partial charge in [0.2, 0.25) is 0 Å². The van der Waals surface area contributed by atoms with E-state index in [1.807, 2.05) is 6.07 Å². The third-order valence-electron chi connectivity index (χ3n) is 1.94. The molecule has 1 heterocycles. The molecule has 0 bridgehead atoms. The van der Waals surface area contributed by atoms with Crippen LogP contribution < -0.4 is 0 Å². The summed E-state index contributed by atoms with van der Waals surface area (Å²) in [7, 11) is 0. The van der Waals surface area contributed by atoms with Crippen molar-refractivity contribution in [3.63, 3.8) is 0 Å². The fourth-order valence-electron chi connectivity index (χ4n) is 1.21. The first kappa shape index (κ1) is 13.4. The van der Waals surface area contributed by atoms with E-state index in [2.05, 4.69) is 15.9 Å². The van der Waals surface area contributed by atoms with Crippen molar-refractivity contribution < 1.29 is 14.3 Å². The topological polar surface area (TPSA) is 43.4 Å². The number of ketones is 1. The molecule has 0 radical (unpaired) electrons. The molecular formula is C11H13BrO3S. The highest BCUT2D eigenvalue weighted by Crippen LogP contribution is 2.23. The summed E-state index contributed by atoms with van der Waals surface area (Å²) in [6, 6.07) is 3.64. The molecule has 0 amide bonds. The Balaban J connectivity index is 2.28. The van der Waals surface area contributed by atoms with Crippen LogP contribution in [0.4, 0.5) is 0 Å². The van der Waals surface area contributed by atoms with Gasteiger partial charge in [-0.2, -0.15) is 0 Å². The quantitative estimate of drug-likeness (QED) is 0.597. The predicted molar refractivity (Wildman–Crippen MR) is 66.8 cm³/mol. The van der Waals surface area contributed by atoms with Gasteiger partial charge in [-0.05, 0) is 41.4 Å². The Bertz CT molecular complexity index is 373. The van der Waals surface area contributed by atoms with Crippen LogP contribution in [0, 0.1) is 0 Å². The zero-order valence-corrected chi connectivity index (χ0v) is 11.4. The maximum atomic E-state index is 11.6. The molecule has 5 heteroatoms. The number of halogens is 1. The fourth-order valence-corrected chi connectivity index (χ4v) is 2.57. The molecule has 0 spiro atoms. The molecule has 0 aliphatic heterocycles. The number of thiophene rings is 1. The summed E-state index contributed by atoms with van der Waals surface area (Å²) in [6.07, 6.45) is 1.26. The average Bonchev–Trinajstić information content (AvgIpc) is 2.65. The molecule has 1 rings (SSSR count). The summed E-state index contributed by atoms with van der Waals surface area (Å²) in [5, 5.41) is 0. The van der Waals surface area contributed by atoms with Crippen LogP contribution in [-0.2, 0) is 9.53 Å². The van der Waals surface area contributed by atoms with Crippen molar-refractivity contribution in [2.75, 3.05) is 6.61 Å². The molecule has 1 aromatic heterocycles. The zero-order valence-electron chi connectivity index (χ0n) is 8.99. The summed E-state index contributed by atoms with van der Waals surface area (Å²) < 4.78 is 5.72. The Morgan fingerprint density at radius 1 is 1.38 bits per heavy atom. The smallest absolute Gasteiger partial charge is 0.305 e. The highest BCUT2D eigenvalue weighted by atomic mass is 79.9. The van der Waals surface area contributed by atoms with E-state index >= 15 is 0 Å². The van der Waals surface area contributed by atoms with E-state index in [-0.39, 0.29) is 11.8 Å². The average molecular weight is 305 g/mol. The summed E-state index contributed by atoms with van der Waals surface area (Å²) in [5.74, 6) is -0.150. The largest absolute Gasteiger partial charge is 0.466 e. The van der Waals surface area contributed by atoms with Crippen LogP contribution in [0.1, 0.15) is 35.9 Å². The second kappa shape index (κ2) is 6.81. The summed E-state index contributed by atoms with van der Waals surface area (Å²) in [4.78, 5) is 23.4. The second-order valence-corrected chi connectivity index (χ2v) is 5.65. The number of hydrogen-bond donors (Lipinski definition) is 0. The molecule has 16 heavy (non-hydrogen) atoms. The van der Waals surface area contributed by atoms with Crippen molar-refractivity contribution in [1.29, 1.82) is 0 Å². The van der Waals surface area contributed by atoms with Crippen LogP contribution in [-0.4, -0.2) is 18.4 Å². The molecule has 0 N–H and O–H groups in total. The zero-order chi connectivity index (χ0) is 12.0. The summed E-state index contributed by atoms with van der Waals surface area (Å²) >= 11 is 4.72. The van der Waals surface area contributed by atoms with E-state index < -0.39 is 0 Å². The van der Waals surface area contributed by atoms with E-state index in [0.29, 0.717) is 25.9 Å². The van der Waals surface area contributed by atoms with Crippen molar-refractivity contribution in [2.24, 2.45) is 0 Å². The van der Waals surface area contributed by atoms with Gasteiger partial charge >= 0.3 is 5.97 Å². The Morgan fingerprint density at radius 2 is 2.12 bits per heavy atom. The van der Waals surface area contributed by atoms with Crippen LogP contribution >= 0.6 is 27.3 Å². The number of ether oxygens (including phenoxy) is 1. The first-order valence-electron chi connectivity index (χ1n) is 5.07. The lowest BCUT2D eigenvalue weighted by Gasteiger charge is -2.00. The minimum Gasteiger partial charge on any atom is -0.466 e. The Labute approximate surface area is 107 Å². The number of carbonyl (C=O) groups is 2. The van der Waals surface area contributed by atoms with E-state index in [4.69, 9.17) is 4.74 Å². The normalized spacial score (nSPS) is 10.1. The van der Waals surface area contributed by atoms with Crippen molar-refractivity contribution in [3.8, 4) is 0 Å². The third kappa shape index (κ3) is 4.45. The first-order valence-corrected chi connectivity index (χ1v) is 6.68. The number of hydrogen-bond acceptors (Lipinski definition) is 4. The molecule has 0 aliphatic rings. The van der Waals surface area contributed by atoms with Crippen LogP contribution in [0.2, 0.25) is 0 Å². The summed E-state index contributed by atoms with van der Waals surface area (Å²) in [6.45, 7) is 2.16. The molecule has 0 aliphatic carbocycles. The second-order valence-electron chi connectivity index (χ2n) is 3.19. The number of carbonyl (C=O) groups excluding carboxylic acids is 2. The van der Waals surface area contributed by atoms with Crippen LogP contribution in [0.25, 0.3) is 0 Å². The van der Waals surface area contributed by atoms with Gasteiger partial charge in [0.1, 0.15) is 0 Å². The van der Waals surface area contributed by atoms with Gasteiger partial charge in [-0.15, -0.1) is 11.3 Å². The van der Waals surface area contributed by atoms with Crippen LogP contribution in [0.15, 0.2) is 15.9 Å². The Hall–Kier alpha value is -0.680. The van der Waals surface area contributed by atoms with Crippen molar-refractivity contribution in [3.05, 3.63) is 20.8 Å². The molecule has 0 unspecified atom stereocenters. The standard InChI is InChI=1S/C11H13BrO3S/c1-2-15-11(14)5-3-4-8(13)9-6-7-10(12)16-9/h6-7H,2-5H2,1H3. The minimum atomic E-state index is -0.234. The van der Waals surface area contributed by atoms with Gasteiger partial charge in [-0.25, -0.2) is 0 Å². The van der Waals surface area contributed by atoms with Crippen molar-refractivity contribution in [1.82, 2.24) is 0 Å². The number of rotatable bonds is 6.